The highest BCUT2D eigenvalue weighted by Crippen LogP contribution is 2.17. The van der Waals surface area contributed by atoms with Crippen LogP contribution in [0.15, 0.2) is 42.5 Å². The number of hydrogen-bond acceptors (Lipinski definition) is 2. The number of carbonyl (C=O) groups excluding carboxylic acids is 2. The van der Waals surface area contributed by atoms with Crippen molar-refractivity contribution in [3.05, 3.63) is 59.4 Å². The maximum atomic E-state index is 13.7. The second-order valence-electron chi connectivity index (χ2n) is 4.70. The van der Waals surface area contributed by atoms with Gasteiger partial charge in [0.05, 0.1) is 5.56 Å². The fourth-order valence-electron chi connectivity index (χ4n) is 1.88. The molecule has 0 atom stereocenters. The molecule has 0 unspecified atom stereocenters. The summed E-state index contributed by atoms with van der Waals surface area (Å²) in [7, 11) is 0. The third-order valence-electron chi connectivity index (χ3n) is 2.81. The van der Waals surface area contributed by atoms with Gasteiger partial charge in [-0.3, -0.25) is 9.59 Å². The Morgan fingerprint density at radius 3 is 2.29 bits per heavy atom. The van der Waals surface area contributed by atoms with Gasteiger partial charge >= 0.3 is 0 Å². The maximum absolute atomic E-state index is 13.7. The number of aryl methyl sites for hydroxylation is 1. The van der Waals surface area contributed by atoms with E-state index in [4.69, 9.17) is 0 Å². The van der Waals surface area contributed by atoms with E-state index in [9.17, 15) is 14.0 Å². The Morgan fingerprint density at radius 2 is 1.67 bits per heavy atom. The van der Waals surface area contributed by atoms with Crippen molar-refractivity contribution in [2.45, 2.75) is 13.8 Å². The summed E-state index contributed by atoms with van der Waals surface area (Å²) in [6, 6.07) is 11.1. The van der Waals surface area contributed by atoms with Crippen molar-refractivity contribution in [3.8, 4) is 0 Å². The average Bonchev–Trinajstić information content (AvgIpc) is 2.37. The molecule has 0 bridgehead atoms. The van der Waals surface area contributed by atoms with Crippen LogP contribution in [0, 0.1) is 12.7 Å². The Balaban J connectivity index is 2.17. The van der Waals surface area contributed by atoms with Gasteiger partial charge in [-0.2, -0.15) is 0 Å². The van der Waals surface area contributed by atoms with Gasteiger partial charge in [-0.1, -0.05) is 12.1 Å². The molecule has 2 amide bonds. The van der Waals surface area contributed by atoms with Gasteiger partial charge < -0.3 is 10.6 Å². The molecule has 0 heterocycles. The van der Waals surface area contributed by atoms with E-state index in [1.807, 2.05) is 0 Å². The van der Waals surface area contributed by atoms with E-state index >= 15 is 0 Å². The highest BCUT2D eigenvalue weighted by molar-refractivity contribution is 6.04. The predicted molar refractivity (Wildman–Crippen MR) is 79.8 cm³/mol. The van der Waals surface area contributed by atoms with Gasteiger partial charge in [0.1, 0.15) is 5.82 Å². The second-order valence-corrected chi connectivity index (χ2v) is 4.70. The molecule has 0 radical (unpaired) electrons. The molecule has 21 heavy (non-hydrogen) atoms. The van der Waals surface area contributed by atoms with Crippen LogP contribution < -0.4 is 10.6 Å². The Bertz CT molecular complexity index is 698. The van der Waals surface area contributed by atoms with Crippen molar-refractivity contribution in [1.29, 1.82) is 0 Å². The van der Waals surface area contributed by atoms with Crippen LogP contribution in [0.25, 0.3) is 0 Å². The normalized spacial score (nSPS) is 10.0. The highest BCUT2D eigenvalue weighted by Gasteiger charge is 2.12. The molecule has 0 aromatic heterocycles. The van der Waals surface area contributed by atoms with Crippen LogP contribution in [0.3, 0.4) is 0 Å². The van der Waals surface area contributed by atoms with Crippen molar-refractivity contribution < 1.29 is 14.0 Å². The lowest BCUT2D eigenvalue weighted by atomic mass is 10.1. The summed E-state index contributed by atoms with van der Waals surface area (Å²) in [5.74, 6) is -1.30. The lowest BCUT2D eigenvalue weighted by molar-refractivity contribution is -0.114. The largest absolute Gasteiger partial charge is 0.326 e. The van der Waals surface area contributed by atoms with Gasteiger partial charge in [0, 0.05) is 18.3 Å². The zero-order chi connectivity index (χ0) is 15.4. The minimum atomic E-state index is -0.564. The number of anilines is 2. The van der Waals surface area contributed by atoms with Crippen LogP contribution in [0.5, 0.6) is 0 Å². The number of carbonyl (C=O) groups is 2. The molecule has 0 fully saturated rings. The zero-order valence-corrected chi connectivity index (χ0v) is 11.7. The molecular formula is C16H15FN2O2. The number of rotatable bonds is 3. The first-order valence-electron chi connectivity index (χ1n) is 6.41. The van der Waals surface area contributed by atoms with Crippen molar-refractivity contribution in [2.75, 3.05) is 10.6 Å². The molecule has 4 nitrogen and oxygen atoms in total. The molecule has 2 rings (SSSR count). The summed E-state index contributed by atoms with van der Waals surface area (Å²) in [5, 5.41) is 5.21. The topological polar surface area (TPSA) is 58.2 Å². The summed E-state index contributed by atoms with van der Waals surface area (Å²) in [5.41, 5.74) is 1.76. The van der Waals surface area contributed by atoms with Gasteiger partial charge in [-0.15, -0.1) is 0 Å². The third-order valence-corrected chi connectivity index (χ3v) is 2.81. The smallest absolute Gasteiger partial charge is 0.258 e. The first kappa shape index (κ1) is 14.7. The molecule has 0 saturated heterocycles. The number of amides is 2. The van der Waals surface area contributed by atoms with Crippen molar-refractivity contribution in [1.82, 2.24) is 0 Å². The van der Waals surface area contributed by atoms with E-state index in [2.05, 4.69) is 10.6 Å². The molecule has 0 aliphatic carbocycles. The Morgan fingerprint density at radius 1 is 1.00 bits per heavy atom. The SMILES string of the molecule is CC(=O)Nc1cccc(NC(=O)c2ccc(C)cc2F)c1. The average molecular weight is 286 g/mol. The molecule has 2 aromatic rings. The second kappa shape index (κ2) is 6.17. The van der Waals surface area contributed by atoms with Crippen molar-refractivity contribution in [2.24, 2.45) is 0 Å². The predicted octanol–water partition coefficient (Wildman–Crippen LogP) is 3.34. The maximum Gasteiger partial charge on any atom is 0.258 e. The van der Waals surface area contributed by atoms with Gasteiger partial charge in [0.15, 0.2) is 0 Å². The Hall–Kier alpha value is -2.69. The first-order valence-corrected chi connectivity index (χ1v) is 6.41. The summed E-state index contributed by atoms with van der Waals surface area (Å²) in [6.45, 7) is 3.15. The minimum absolute atomic E-state index is 0.0227. The lowest BCUT2D eigenvalue weighted by Crippen LogP contribution is -2.14. The molecule has 108 valence electrons. The number of nitrogens with one attached hydrogen (secondary N) is 2. The van der Waals surface area contributed by atoms with E-state index < -0.39 is 11.7 Å². The molecule has 0 spiro atoms. The van der Waals surface area contributed by atoms with E-state index in [1.54, 1.807) is 37.3 Å². The third kappa shape index (κ3) is 3.89. The standard InChI is InChI=1S/C16H15FN2O2/c1-10-6-7-14(15(17)8-10)16(21)19-13-5-3-4-12(9-13)18-11(2)20/h3-9H,1-2H3,(H,18,20)(H,19,21). The molecular weight excluding hydrogens is 271 g/mol. The molecule has 0 aliphatic heterocycles. The van der Waals surface area contributed by atoms with Crippen LogP contribution in [0.1, 0.15) is 22.8 Å². The van der Waals surface area contributed by atoms with Crippen molar-refractivity contribution >= 4 is 23.2 Å². The van der Waals surface area contributed by atoms with Crippen LogP contribution in [-0.2, 0) is 4.79 Å². The van der Waals surface area contributed by atoms with Gasteiger partial charge in [0.2, 0.25) is 5.91 Å². The Labute approximate surface area is 122 Å². The number of benzene rings is 2. The first-order chi connectivity index (χ1) is 9.95. The van der Waals surface area contributed by atoms with Crippen LogP contribution >= 0.6 is 0 Å². The summed E-state index contributed by atoms with van der Waals surface area (Å²) < 4.78 is 13.7. The molecule has 2 N–H and O–H groups in total. The van der Waals surface area contributed by atoms with Gasteiger partial charge in [-0.25, -0.2) is 4.39 Å². The fourth-order valence-corrected chi connectivity index (χ4v) is 1.88. The summed E-state index contributed by atoms with van der Waals surface area (Å²) in [6.07, 6.45) is 0. The van der Waals surface area contributed by atoms with E-state index in [0.29, 0.717) is 11.4 Å². The van der Waals surface area contributed by atoms with Crippen molar-refractivity contribution in [3.63, 3.8) is 0 Å². The molecule has 5 heteroatoms. The van der Waals surface area contributed by atoms with E-state index in [0.717, 1.165) is 5.56 Å². The molecule has 0 aliphatic rings. The Kier molecular flexibility index (Phi) is 4.33. The quantitative estimate of drug-likeness (QED) is 0.909. The minimum Gasteiger partial charge on any atom is -0.326 e. The molecule has 0 saturated carbocycles. The van der Waals surface area contributed by atoms with Crippen LogP contribution in [0.2, 0.25) is 0 Å². The summed E-state index contributed by atoms with van der Waals surface area (Å²) >= 11 is 0. The van der Waals surface area contributed by atoms with Gasteiger partial charge in [0.25, 0.3) is 5.91 Å². The van der Waals surface area contributed by atoms with Crippen LogP contribution in [-0.4, -0.2) is 11.8 Å². The van der Waals surface area contributed by atoms with Crippen LogP contribution in [0.4, 0.5) is 15.8 Å². The van der Waals surface area contributed by atoms with Gasteiger partial charge in [-0.05, 0) is 42.8 Å². The molecule has 2 aromatic carbocycles. The zero-order valence-electron chi connectivity index (χ0n) is 11.7. The van der Waals surface area contributed by atoms with E-state index in [1.165, 1.54) is 19.1 Å². The fraction of sp³-hybridized carbons (Fsp3) is 0.125. The monoisotopic (exact) mass is 286 g/mol. The number of halogens is 1. The highest BCUT2D eigenvalue weighted by atomic mass is 19.1. The lowest BCUT2D eigenvalue weighted by Gasteiger charge is -2.08. The van der Waals surface area contributed by atoms with E-state index in [-0.39, 0.29) is 11.5 Å². The number of hydrogen-bond donors (Lipinski definition) is 2. The summed E-state index contributed by atoms with van der Waals surface area (Å²) in [4.78, 5) is 23.0.